The molecule has 0 radical (unpaired) electrons. The topological polar surface area (TPSA) is 102 Å². The molecular weight excluding hydrogens is 440 g/mol. The summed E-state index contributed by atoms with van der Waals surface area (Å²) in [6.07, 6.45) is 1.17. The summed E-state index contributed by atoms with van der Waals surface area (Å²) >= 11 is 3.27. The number of hydrogen-bond acceptors (Lipinski definition) is 5. The smallest absolute Gasteiger partial charge is 0.325 e. The predicted molar refractivity (Wildman–Crippen MR) is 112 cm³/mol. The van der Waals surface area contributed by atoms with E-state index in [1.54, 1.807) is 48.5 Å². The highest BCUT2D eigenvalue weighted by Gasteiger charge is 2.12. The van der Waals surface area contributed by atoms with Gasteiger partial charge in [0.2, 0.25) is 5.91 Å². The summed E-state index contributed by atoms with van der Waals surface area (Å²) in [5.74, 6) is -1.61. The Morgan fingerprint density at radius 1 is 0.931 bits per heavy atom. The van der Waals surface area contributed by atoms with E-state index in [4.69, 9.17) is 4.74 Å². The van der Waals surface area contributed by atoms with Crippen LogP contribution in [0.25, 0.3) is 0 Å². The van der Waals surface area contributed by atoms with Gasteiger partial charge >= 0.3 is 5.97 Å². The number of Topliss-reactive ketones (excluding diaryl/α,β-unsaturated/α-hetero) is 1. The summed E-state index contributed by atoms with van der Waals surface area (Å²) in [6, 6.07) is 13.0. The SMILES string of the molecule is CCCC(=O)Nc1ccc(C(=O)COC(=O)CNC(=O)c2ccc(Br)cc2)cc1. The first-order valence-electron chi connectivity index (χ1n) is 9.01. The Morgan fingerprint density at radius 2 is 1.55 bits per heavy atom. The zero-order chi connectivity index (χ0) is 21.2. The van der Waals surface area contributed by atoms with Crippen LogP contribution in [-0.2, 0) is 14.3 Å². The van der Waals surface area contributed by atoms with Gasteiger partial charge < -0.3 is 15.4 Å². The summed E-state index contributed by atoms with van der Waals surface area (Å²) in [6.45, 7) is 1.13. The molecule has 0 aliphatic heterocycles. The average Bonchev–Trinajstić information content (AvgIpc) is 2.71. The van der Waals surface area contributed by atoms with E-state index in [0.29, 0.717) is 23.2 Å². The minimum Gasteiger partial charge on any atom is -0.456 e. The lowest BCUT2D eigenvalue weighted by Gasteiger charge is -2.08. The number of esters is 1. The monoisotopic (exact) mass is 460 g/mol. The zero-order valence-electron chi connectivity index (χ0n) is 15.9. The number of carbonyl (C=O) groups excluding carboxylic acids is 4. The molecule has 0 bridgehead atoms. The maximum absolute atomic E-state index is 12.1. The van der Waals surface area contributed by atoms with Crippen molar-refractivity contribution in [3.05, 3.63) is 64.1 Å². The van der Waals surface area contributed by atoms with Crippen LogP contribution in [0, 0.1) is 0 Å². The third kappa shape index (κ3) is 7.50. The molecule has 0 unspecified atom stereocenters. The number of anilines is 1. The standard InChI is InChI=1S/C21H21BrN2O5/c1-2-3-19(26)24-17-10-6-14(7-11-17)18(25)13-29-20(27)12-23-21(28)15-4-8-16(22)9-5-15/h4-11H,2-3,12-13H2,1H3,(H,23,28)(H,24,26). The Morgan fingerprint density at radius 3 is 2.17 bits per heavy atom. The van der Waals surface area contributed by atoms with Crippen molar-refractivity contribution >= 4 is 45.2 Å². The molecule has 0 saturated carbocycles. The van der Waals surface area contributed by atoms with E-state index in [0.717, 1.165) is 10.9 Å². The molecule has 2 rings (SSSR count). The van der Waals surface area contributed by atoms with Gasteiger partial charge in [0.1, 0.15) is 6.54 Å². The first kappa shape index (κ1) is 22.3. The van der Waals surface area contributed by atoms with Crippen molar-refractivity contribution in [2.24, 2.45) is 0 Å². The molecule has 2 aromatic carbocycles. The van der Waals surface area contributed by atoms with Crippen molar-refractivity contribution < 1.29 is 23.9 Å². The highest BCUT2D eigenvalue weighted by atomic mass is 79.9. The maximum Gasteiger partial charge on any atom is 0.325 e. The van der Waals surface area contributed by atoms with Gasteiger partial charge in [-0.1, -0.05) is 22.9 Å². The summed E-state index contributed by atoms with van der Waals surface area (Å²) in [4.78, 5) is 47.4. The lowest BCUT2D eigenvalue weighted by molar-refractivity contribution is -0.141. The van der Waals surface area contributed by atoms with E-state index in [9.17, 15) is 19.2 Å². The summed E-state index contributed by atoms with van der Waals surface area (Å²) in [5.41, 5.74) is 1.35. The summed E-state index contributed by atoms with van der Waals surface area (Å²) in [7, 11) is 0. The molecule has 2 N–H and O–H groups in total. The van der Waals surface area contributed by atoms with Crippen molar-refractivity contribution in [2.75, 3.05) is 18.5 Å². The fourth-order valence-electron chi connectivity index (χ4n) is 2.33. The van der Waals surface area contributed by atoms with Crippen LogP contribution >= 0.6 is 15.9 Å². The molecule has 0 aromatic heterocycles. The van der Waals surface area contributed by atoms with Crippen molar-refractivity contribution in [1.29, 1.82) is 0 Å². The molecular formula is C21H21BrN2O5. The second kappa shape index (κ2) is 11.1. The van der Waals surface area contributed by atoms with Gasteiger partial charge in [-0.3, -0.25) is 19.2 Å². The molecule has 0 aliphatic carbocycles. The number of benzene rings is 2. The second-order valence-corrected chi connectivity index (χ2v) is 7.06. The molecule has 29 heavy (non-hydrogen) atoms. The number of nitrogens with one attached hydrogen (secondary N) is 2. The third-order valence-corrected chi connectivity index (χ3v) is 4.36. The lowest BCUT2D eigenvalue weighted by atomic mass is 10.1. The molecule has 0 heterocycles. The Balaban J connectivity index is 1.76. The first-order valence-corrected chi connectivity index (χ1v) is 9.81. The molecule has 0 saturated heterocycles. The van der Waals surface area contributed by atoms with Crippen molar-refractivity contribution in [2.45, 2.75) is 19.8 Å². The van der Waals surface area contributed by atoms with Gasteiger partial charge in [-0.05, 0) is 55.0 Å². The number of carbonyl (C=O) groups is 4. The number of hydrogen-bond donors (Lipinski definition) is 2. The lowest BCUT2D eigenvalue weighted by Crippen LogP contribution is -2.31. The van der Waals surface area contributed by atoms with Crippen LogP contribution in [0.4, 0.5) is 5.69 Å². The highest BCUT2D eigenvalue weighted by Crippen LogP contribution is 2.12. The minimum absolute atomic E-state index is 0.0920. The van der Waals surface area contributed by atoms with Gasteiger partial charge in [-0.15, -0.1) is 0 Å². The molecule has 0 aliphatic rings. The molecule has 8 heteroatoms. The molecule has 0 spiro atoms. The molecule has 0 atom stereocenters. The number of ether oxygens (including phenoxy) is 1. The Kier molecular flexibility index (Phi) is 8.54. The number of halogens is 1. The van der Waals surface area contributed by atoms with Crippen LogP contribution < -0.4 is 10.6 Å². The van der Waals surface area contributed by atoms with E-state index >= 15 is 0 Å². The minimum atomic E-state index is -0.715. The maximum atomic E-state index is 12.1. The number of rotatable bonds is 9. The van der Waals surface area contributed by atoms with Gasteiger partial charge in [0, 0.05) is 27.7 Å². The number of ketones is 1. The molecule has 2 amide bonds. The Hall–Kier alpha value is -3.00. The van der Waals surface area contributed by atoms with Crippen molar-refractivity contribution in [1.82, 2.24) is 5.32 Å². The Labute approximate surface area is 176 Å². The molecule has 7 nitrogen and oxygen atoms in total. The number of amides is 2. The summed E-state index contributed by atoms with van der Waals surface area (Å²) in [5, 5.41) is 5.16. The van der Waals surface area contributed by atoms with Crippen molar-refractivity contribution in [3.8, 4) is 0 Å². The van der Waals surface area contributed by atoms with Crippen molar-refractivity contribution in [3.63, 3.8) is 0 Å². The fraction of sp³-hybridized carbons (Fsp3) is 0.238. The van der Waals surface area contributed by atoms with E-state index < -0.39 is 18.5 Å². The van der Waals surface area contributed by atoms with Gasteiger partial charge in [-0.25, -0.2) is 0 Å². The van der Waals surface area contributed by atoms with E-state index in [2.05, 4.69) is 26.6 Å². The van der Waals surface area contributed by atoms with Crippen LogP contribution in [0.1, 0.15) is 40.5 Å². The van der Waals surface area contributed by atoms with Crippen LogP contribution in [0.5, 0.6) is 0 Å². The normalized spacial score (nSPS) is 10.1. The highest BCUT2D eigenvalue weighted by molar-refractivity contribution is 9.10. The molecule has 0 fully saturated rings. The quantitative estimate of drug-likeness (QED) is 0.441. The fourth-order valence-corrected chi connectivity index (χ4v) is 2.59. The van der Waals surface area contributed by atoms with Gasteiger partial charge in [-0.2, -0.15) is 0 Å². The first-order chi connectivity index (χ1) is 13.9. The van der Waals surface area contributed by atoms with Crippen LogP contribution in [-0.4, -0.2) is 36.7 Å². The summed E-state index contributed by atoms with van der Waals surface area (Å²) < 4.78 is 5.75. The molecule has 152 valence electrons. The zero-order valence-corrected chi connectivity index (χ0v) is 17.5. The van der Waals surface area contributed by atoms with Gasteiger partial charge in [0.15, 0.2) is 12.4 Å². The third-order valence-electron chi connectivity index (χ3n) is 3.83. The second-order valence-electron chi connectivity index (χ2n) is 6.15. The van der Waals surface area contributed by atoms with Gasteiger partial charge in [0.05, 0.1) is 0 Å². The van der Waals surface area contributed by atoms with Crippen LogP contribution in [0.15, 0.2) is 53.0 Å². The van der Waals surface area contributed by atoms with E-state index in [1.165, 1.54) is 0 Å². The largest absolute Gasteiger partial charge is 0.456 e. The average molecular weight is 461 g/mol. The van der Waals surface area contributed by atoms with E-state index in [-0.39, 0.29) is 18.2 Å². The van der Waals surface area contributed by atoms with E-state index in [1.807, 2.05) is 6.92 Å². The Bertz CT molecular complexity index is 879. The van der Waals surface area contributed by atoms with Gasteiger partial charge in [0.25, 0.3) is 5.91 Å². The van der Waals surface area contributed by atoms with Crippen LogP contribution in [0.2, 0.25) is 0 Å². The molecule has 2 aromatic rings. The predicted octanol–water partition coefficient (Wildman–Crippen LogP) is 3.34. The van der Waals surface area contributed by atoms with Crippen LogP contribution in [0.3, 0.4) is 0 Å².